The molecule has 0 aliphatic heterocycles. The topological polar surface area (TPSA) is 55.0 Å². The number of halogens is 1. The molecular weight excluding hydrogens is 204 g/mol. The predicted octanol–water partition coefficient (Wildman–Crippen LogP) is 1.59. The molecule has 5 heteroatoms. The zero-order valence-corrected chi connectivity index (χ0v) is 8.13. The maximum atomic E-state index is 11.0. The van der Waals surface area contributed by atoms with E-state index >= 15 is 0 Å². The number of aromatic amines is 1. The van der Waals surface area contributed by atoms with Gasteiger partial charge in [-0.2, -0.15) is 4.98 Å². The fraction of sp³-hybridized carbons (Fsp3) is 0.111. The van der Waals surface area contributed by atoms with Crippen LogP contribution in [0.1, 0.15) is 0 Å². The normalized spacial score (nSPS) is 10.4. The third-order valence-electron chi connectivity index (χ3n) is 1.88. The van der Waals surface area contributed by atoms with E-state index in [0.717, 1.165) is 0 Å². The number of hydrogen-bond acceptors (Lipinski definition) is 3. The van der Waals surface area contributed by atoms with Crippen LogP contribution in [0.4, 0.5) is 0 Å². The zero-order valence-electron chi connectivity index (χ0n) is 7.37. The van der Waals surface area contributed by atoms with Crippen LogP contribution in [-0.4, -0.2) is 17.1 Å². The van der Waals surface area contributed by atoms with E-state index in [4.69, 9.17) is 16.3 Å². The Labute approximate surface area is 84.5 Å². The molecule has 1 aromatic heterocycles. The monoisotopic (exact) mass is 210 g/mol. The molecule has 4 nitrogen and oxygen atoms in total. The number of ether oxygens (including phenoxy) is 1. The average Bonchev–Trinajstić information content (AvgIpc) is 2.17. The molecule has 0 aliphatic carbocycles. The first kappa shape index (κ1) is 9.02. The molecule has 0 spiro atoms. The van der Waals surface area contributed by atoms with E-state index in [1.807, 2.05) is 0 Å². The molecular formula is C9H7ClN2O2. The first-order valence-electron chi connectivity index (χ1n) is 3.94. The maximum absolute atomic E-state index is 11.0. The second kappa shape index (κ2) is 3.31. The molecule has 0 radical (unpaired) electrons. The zero-order chi connectivity index (χ0) is 10.1. The lowest BCUT2D eigenvalue weighted by Gasteiger charge is -2.02. The van der Waals surface area contributed by atoms with Crippen LogP contribution in [0, 0.1) is 0 Å². The maximum Gasteiger partial charge on any atom is 0.346 e. The molecule has 0 saturated carbocycles. The van der Waals surface area contributed by atoms with Crippen LogP contribution in [0.15, 0.2) is 23.0 Å². The highest BCUT2D eigenvalue weighted by molar-refractivity contribution is 6.34. The van der Waals surface area contributed by atoms with Crippen LogP contribution < -0.4 is 10.4 Å². The minimum absolute atomic E-state index is 0.277. The molecule has 0 atom stereocenters. The predicted molar refractivity (Wildman–Crippen MR) is 53.9 cm³/mol. The molecule has 1 aromatic carbocycles. The molecule has 0 bridgehead atoms. The van der Waals surface area contributed by atoms with Crippen molar-refractivity contribution >= 4 is 22.5 Å². The van der Waals surface area contributed by atoms with Crippen molar-refractivity contribution in [3.05, 3.63) is 33.8 Å². The van der Waals surface area contributed by atoms with Crippen LogP contribution in [0.5, 0.6) is 5.75 Å². The van der Waals surface area contributed by atoms with Crippen molar-refractivity contribution < 1.29 is 4.74 Å². The van der Waals surface area contributed by atoms with Crippen LogP contribution in [0.2, 0.25) is 5.15 Å². The van der Waals surface area contributed by atoms with Gasteiger partial charge in [-0.1, -0.05) is 11.6 Å². The van der Waals surface area contributed by atoms with Crippen molar-refractivity contribution in [2.24, 2.45) is 0 Å². The smallest absolute Gasteiger partial charge is 0.346 e. The molecule has 72 valence electrons. The molecule has 0 fully saturated rings. The van der Waals surface area contributed by atoms with Crippen molar-refractivity contribution in [1.29, 1.82) is 0 Å². The van der Waals surface area contributed by atoms with Gasteiger partial charge in [0.05, 0.1) is 12.6 Å². The number of hydrogen-bond donors (Lipinski definition) is 1. The number of nitrogens with one attached hydrogen (secondary N) is 1. The van der Waals surface area contributed by atoms with Gasteiger partial charge in [-0.05, 0) is 18.2 Å². The summed E-state index contributed by atoms with van der Waals surface area (Å²) in [6, 6.07) is 5.14. The molecule has 0 amide bonds. The fourth-order valence-corrected chi connectivity index (χ4v) is 1.45. The standard InChI is InChI=1S/C9H7ClN2O2/c1-14-5-2-3-7-6(4-5)8(10)12-9(13)11-7/h2-4H,1H3,(H,11,12,13). The first-order chi connectivity index (χ1) is 6.70. The highest BCUT2D eigenvalue weighted by atomic mass is 35.5. The Morgan fingerprint density at radius 1 is 1.50 bits per heavy atom. The molecule has 2 aromatic rings. The summed E-state index contributed by atoms with van der Waals surface area (Å²) in [4.78, 5) is 17.1. The fourth-order valence-electron chi connectivity index (χ4n) is 1.21. The summed E-state index contributed by atoms with van der Waals surface area (Å²) in [5, 5.41) is 0.949. The molecule has 0 aliphatic rings. The van der Waals surface area contributed by atoms with Crippen molar-refractivity contribution in [3.63, 3.8) is 0 Å². The highest BCUT2D eigenvalue weighted by Gasteiger charge is 2.03. The van der Waals surface area contributed by atoms with Gasteiger partial charge in [-0.3, -0.25) is 4.98 Å². The highest BCUT2D eigenvalue weighted by Crippen LogP contribution is 2.22. The summed E-state index contributed by atoms with van der Waals surface area (Å²) >= 11 is 5.84. The van der Waals surface area contributed by atoms with Crippen LogP contribution >= 0.6 is 11.6 Å². The molecule has 0 unspecified atom stereocenters. The molecule has 0 saturated heterocycles. The Kier molecular flexibility index (Phi) is 2.13. The van der Waals surface area contributed by atoms with E-state index < -0.39 is 5.69 Å². The van der Waals surface area contributed by atoms with E-state index in [0.29, 0.717) is 16.7 Å². The van der Waals surface area contributed by atoms with Crippen molar-refractivity contribution in [2.75, 3.05) is 7.11 Å². The Morgan fingerprint density at radius 3 is 3.00 bits per heavy atom. The van der Waals surface area contributed by atoms with Crippen LogP contribution in [-0.2, 0) is 0 Å². The van der Waals surface area contributed by atoms with Gasteiger partial charge in [-0.25, -0.2) is 4.79 Å². The summed E-state index contributed by atoms with van der Waals surface area (Å²) < 4.78 is 5.03. The lowest BCUT2D eigenvalue weighted by Crippen LogP contribution is -2.09. The lowest BCUT2D eigenvalue weighted by molar-refractivity contribution is 0.415. The Bertz CT molecular complexity index is 536. The SMILES string of the molecule is COc1ccc2nc(=O)[nH]c(Cl)c2c1. The van der Waals surface area contributed by atoms with Crippen molar-refractivity contribution in [3.8, 4) is 5.75 Å². The summed E-state index contributed by atoms with van der Waals surface area (Å²) in [7, 11) is 1.56. The second-order valence-corrected chi connectivity index (χ2v) is 3.12. The minimum atomic E-state index is -0.451. The van der Waals surface area contributed by atoms with Crippen molar-refractivity contribution in [2.45, 2.75) is 0 Å². The minimum Gasteiger partial charge on any atom is -0.497 e. The third kappa shape index (κ3) is 1.44. The number of benzene rings is 1. The van der Waals surface area contributed by atoms with E-state index in [1.54, 1.807) is 25.3 Å². The van der Waals surface area contributed by atoms with E-state index in [-0.39, 0.29) is 5.15 Å². The average molecular weight is 211 g/mol. The van der Waals surface area contributed by atoms with E-state index in [1.165, 1.54) is 0 Å². The van der Waals surface area contributed by atoms with E-state index in [9.17, 15) is 4.79 Å². The molecule has 1 heterocycles. The molecule has 1 N–H and O–H groups in total. The van der Waals surface area contributed by atoms with Gasteiger partial charge in [0, 0.05) is 5.39 Å². The number of rotatable bonds is 1. The summed E-state index contributed by atoms with van der Waals surface area (Å²) in [6.45, 7) is 0. The van der Waals surface area contributed by atoms with Gasteiger partial charge in [0.1, 0.15) is 10.9 Å². The molecule has 14 heavy (non-hydrogen) atoms. The number of H-pyrrole nitrogens is 1. The quantitative estimate of drug-likeness (QED) is 0.728. The summed E-state index contributed by atoms with van der Waals surface area (Å²) in [6.07, 6.45) is 0. The van der Waals surface area contributed by atoms with Gasteiger partial charge >= 0.3 is 5.69 Å². The largest absolute Gasteiger partial charge is 0.497 e. The van der Waals surface area contributed by atoms with Gasteiger partial charge in [0.15, 0.2) is 0 Å². The number of nitrogens with zero attached hydrogens (tertiary/aromatic N) is 1. The third-order valence-corrected chi connectivity index (χ3v) is 2.18. The van der Waals surface area contributed by atoms with Crippen LogP contribution in [0.25, 0.3) is 10.9 Å². The number of methoxy groups -OCH3 is 1. The second-order valence-electron chi connectivity index (χ2n) is 2.74. The van der Waals surface area contributed by atoms with Gasteiger partial charge in [-0.15, -0.1) is 0 Å². The van der Waals surface area contributed by atoms with Gasteiger partial charge in [0.2, 0.25) is 0 Å². The van der Waals surface area contributed by atoms with E-state index in [2.05, 4.69) is 9.97 Å². The van der Waals surface area contributed by atoms with Crippen molar-refractivity contribution in [1.82, 2.24) is 9.97 Å². The van der Waals surface area contributed by atoms with Gasteiger partial charge in [0.25, 0.3) is 0 Å². The Morgan fingerprint density at radius 2 is 2.29 bits per heavy atom. The lowest BCUT2D eigenvalue weighted by atomic mass is 10.2. The number of fused-ring (bicyclic) bond motifs is 1. The molecule has 2 rings (SSSR count). The Hall–Kier alpha value is -1.55. The summed E-state index contributed by atoms with van der Waals surface area (Å²) in [5.74, 6) is 0.674. The van der Waals surface area contributed by atoms with Gasteiger partial charge < -0.3 is 4.74 Å². The number of aromatic nitrogens is 2. The first-order valence-corrected chi connectivity index (χ1v) is 4.32. The Balaban J connectivity index is 2.82. The van der Waals surface area contributed by atoms with Crippen LogP contribution in [0.3, 0.4) is 0 Å². The summed E-state index contributed by atoms with van der Waals surface area (Å²) in [5.41, 5.74) is 0.104.